The van der Waals surface area contributed by atoms with E-state index in [4.69, 9.17) is 4.74 Å². The van der Waals surface area contributed by atoms with Crippen LogP contribution in [0.2, 0.25) is 0 Å². The number of pyridine rings is 1. The van der Waals surface area contributed by atoms with E-state index >= 15 is 0 Å². The number of ether oxygens (including phenoxy) is 1. The maximum atomic E-state index is 12.3. The summed E-state index contributed by atoms with van der Waals surface area (Å²) in [5.74, 6) is 0.331. The van der Waals surface area contributed by atoms with Crippen LogP contribution < -0.4 is 10.0 Å². The van der Waals surface area contributed by atoms with Gasteiger partial charge in [-0.2, -0.15) is 0 Å². The Hall–Kier alpha value is -0.700. The molecular weight excluding hydrogens is 346 g/mol. The molecule has 1 aromatic heterocycles. The molecule has 2 rings (SSSR count). The second-order valence-corrected chi connectivity index (χ2v) is 7.22. The Balaban J connectivity index is 2.03. The maximum absolute atomic E-state index is 12.3. The molecule has 0 aliphatic carbocycles. The fourth-order valence-corrected chi connectivity index (χ4v) is 3.83. The molecule has 1 saturated heterocycles. The van der Waals surface area contributed by atoms with Gasteiger partial charge in [-0.25, -0.2) is 18.1 Å². The lowest BCUT2D eigenvalue weighted by Crippen LogP contribution is -2.28. The Morgan fingerprint density at radius 3 is 3.00 bits per heavy atom. The summed E-state index contributed by atoms with van der Waals surface area (Å²) in [4.78, 5) is 4.19. The van der Waals surface area contributed by atoms with Crippen LogP contribution in [0.4, 0.5) is 5.82 Å². The third kappa shape index (κ3) is 3.91. The molecule has 20 heavy (non-hydrogen) atoms. The third-order valence-electron chi connectivity index (χ3n) is 3.13. The lowest BCUT2D eigenvalue weighted by atomic mass is 10.2. The quantitative estimate of drug-likeness (QED) is 0.804. The summed E-state index contributed by atoms with van der Waals surface area (Å²) in [6.45, 7) is 1.14. The van der Waals surface area contributed by atoms with Gasteiger partial charge in [-0.3, -0.25) is 0 Å². The predicted octanol–water partition coefficient (Wildman–Crippen LogP) is 1.73. The van der Waals surface area contributed by atoms with E-state index in [0.717, 1.165) is 19.4 Å². The molecule has 112 valence electrons. The number of hydrogen-bond donors (Lipinski definition) is 2. The molecule has 0 bridgehead atoms. The number of nitrogens with one attached hydrogen (secondary N) is 2. The first kappa shape index (κ1) is 15.7. The van der Waals surface area contributed by atoms with Gasteiger partial charge in [0, 0.05) is 30.9 Å². The van der Waals surface area contributed by atoms with E-state index in [1.165, 1.54) is 6.07 Å². The van der Waals surface area contributed by atoms with Crippen LogP contribution in [-0.2, 0) is 14.8 Å². The number of sulfonamides is 1. The summed E-state index contributed by atoms with van der Waals surface area (Å²) < 4.78 is 33.3. The molecule has 1 fully saturated rings. The largest absolute Gasteiger partial charge is 0.378 e. The molecule has 0 radical (unpaired) electrons. The van der Waals surface area contributed by atoms with Crippen molar-refractivity contribution in [2.45, 2.75) is 30.3 Å². The van der Waals surface area contributed by atoms with Crippen molar-refractivity contribution in [3.05, 3.63) is 16.7 Å². The van der Waals surface area contributed by atoms with Crippen molar-refractivity contribution in [3.8, 4) is 0 Å². The van der Waals surface area contributed by atoms with Gasteiger partial charge in [0.25, 0.3) is 0 Å². The van der Waals surface area contributed by atoms with Gasteiger partial charge in [0.15, 0.2) is 0 Å². The number of rotatable bonds is 6. The molecule has 1 aliphatic heterocycles. The van der Waals surface area contributed by atoms with Crippen molar-refractivity contribution in [2.24, 2.45) is 0 Å². The maximum Gasteiger partial charge on any atom is 0.244 e. The molecule has 1 aromatic rings. The highest BCUT2D eigenvalue weighted by molar-refractivity contribution is 9.10. The topological polar surface area (TPSA) is 80.3 Å². The molecule has 0 amide bonds. The monoisotopic (exact) mass is 363 g/mol. The van der Waals surface area contributed by atoms with Crippen LogP contribution in [0, 0.1) is 0 Å². The van der Waals surface area contributed by atoms with Crippen molar-refractivity contribution in [1.82, 2.24) is 9.71 Å². The summed E-state index contributed by atoms with van der Waals surface area (Å²) >= 11 is 3.24. The number of anilines is 1. The van der Waals surface area contributed by atoms with Gasteiger partial charge in [0.2, 0.25) is 10.0 Å². The van der Waals surface area contributed by atoms with E-state index in [-0.39, 0.29) is 11.0 Å². The molecule has 1 unspecified atom stereocenters. The second-order valence-electron chi connectivity index (χ2n) is 4.57. The average molecular weight is 364 g/mol. The third-order valence-corrected chi connectivity index (χ3v) is 5.04. The highest BCUT2D eigenvalue weighted by Gasteiger charge is 2.21. The van der Waals surface area contributed by atoms with Crippen molar-refractivity contribution in [3.63, 3.8) is 0 Å². The first-order chi connectivity index (χ1) is 9.53. The van der Waals surface area contributed by atoms with Crippen LogP contribution in [0.25, 0.3) is 0 Å². The van der Waals surface area contributed by atoms with Gasteiger partial charge < -0.3 is 10.1 Å². The molecule has 2 heterocycles. The van der Waals surface area contributed by atoms with Crippen molar-refractivity contribution in [1.29, 1.82) is 0 Å². The normalized spacial score (nSPS) is 19.2. The number of nitrogens with zero attached hydrogens (tertiary/aromatic N) is 1. The molecule has 0 aromatic carbocycles. The van der Waals surface area contributed by atoms with Gasteiger partial charge in [-0.15, -0.1) is 0 Å². The van der Waals surface area contributed by atoms with E-state index in [9.17, 15) is 8.42 Å². The molecular formula is C12H18BrN3O3S. The minimum atomic E-state index is -3.58. The van der Waals surface area contributed by atoms with Gasteiger partial charge in [0.05, 0.1) is 6.10 Å². The van der Waals surface area contributed by atoms with E-state index < -0.39 is 10.0 Å². The van der Waals surface area contributed by atoms with Crippen molar-refractivity contribution >= 4 is 31.8 Å². The van der Waals surface area contributed by atoms with Crippen molar-refractivity contribution < 1.29 is 13.2 Å². The average Bonchev–Trinajstić information content (AvgIpc) is 2.91. The molecule has 1 atom stereocenters. The molecule has 2 N–H and O–H groups in total. The summed E-state index contributed by atoms with van der Waals surface area (Å²) in [6, 6.07) is 1.53. The Labute approximate surface area is 127 Å². The van der Waals surface area contributed by atoms with E-state index in [2.05, 4.69) is 31.0 Å². The summed E-state index contributed by atoms with van der Waals surface area (Å²) in [5.41, 5.74) is 0. The summed E-state index contributed by atoms with van der Waals surface area (Å²) in [7, 11) is -1.94. The summed E-state index contributed by atoms with van der Waals surface area (Å²) in [6.07, 6.45) is 4.47. The smallest absolute Gasteiger partial charge is 0.244 e. The second kappa shape index (κ2) is 6.84. The number of aromatic nitrogens is 1. The predicted molar refractivity (Wildman–Crippen MR) is 80.3 cm³/mol. The van der Waals surface area contributed by atoms with Crippen LogP contribution in [0.1, 0.15) is 19.3 Å². The zero-order valence-corrected chi connectivity index (χ0v) is 13.6. The lowest BCUT2D eigenvalue weighted by Gasteiger charge is -2.12. The molecule has 6 nitrogen and oxygen atoms in total. The molecule has 1 aliphatic rings. The van der Waals surface area contributed by atoms with Crippen LogP contribution in [0.5, 0.6) is 0 Å². The van der Waals surface area contributed by atoms with Gasteiger partial charge in [-0.05, 0) is 41.3 Å². The van der Waals surface area contributed by atoms with E-state index in [1.54, 1.807) is 13.2 Å². The zero-order valence-electron chi connectivity index (χ0n) is 11.2. The van der Waals surface area contributed by atoms with Crippen molar-refractivity contribution in [2.75, 3.05) is 25.5 Å². The van der Waals surface area contributed by atoms with Gasteiger partial charge in [-0.1, -0.05) is 0 Å². The Morgan fingerprint density at radius 1 is 1.55 bits per heavy atom. The number of halogens is 1. The first-order valence-electron chi connectivity index (χ1n) is 6.47. The minimum Gasteiger partial charge on any atom is -0.378 e. The highest BCUT2D eigenvalue weighted by atomic mass is 79.9. The first-order valence-corrected chi connectivity index (χ1v) is 8.75. The summed E-state index contributed by atoms with van der Waals surface area (Å²) in [5, 5.41) is 2.78. The Morgan fingerprint density at radius 2 is 2.35 bits per heavy atom. The minimum absolute atomic E-state index is 0.140. The zero-order chi connectivity index (χ0) is 14.6. The van der Waals surface area contributed by atoms with E-state index in [0.29, 0.717) is 23.3 Å². The van der Waals surface area contributed by atoms with Crippen LogP contribution in [-0.4, -0.2) is 39.7 Å². The standard InChI is InChI=1S/C12H18BrN3O3S/c1-14-12-11(7-9(13)8-15-12)20(17,18)16-5-4-10-3-2-6-19-10/h7-8,10,16H,2-6H2,1H3,(H,14,15). The van der Waals surface area contributed by atoms with Crippen LogP contribution in [0.3, 0.4) is 0 Å². The molecule has 8 heteroatoms. The highest BCUT2D eigenvalue weighted by Crippen LogP contribution is 2.22. The molecule has 0 spiro atoms. The molecule has 0 saturated carbocycles. The SMILES string of the molecule is CNc1ncc(Br)cc1S(=O)(=O)NCCC1CCCO1. The fourth-order valence-electron chi connectivity index (χ4n) is 2.12. The van der Waals surface area contributed by atoms with Gasteiger partial charge in [0.1, 0.15) is 10.7 Å². The van der Waals surface area contributed by atoms with Crippen LogP contribution in [0.15, 0.2) is 21.6 Å². The lowest BCUT2D eigenvalue weighted by molar-refractivity contribution is 0.105. The van der Waals surface area contributed by atoms with Crippen LogP contribution >= 0.6 is 15.9 Å². The van der Waals surface area contributed by atoms with E-state index in [1.807, 2.05) is 0 Å². The Kier molecular flexibility index (Phi) is 5.36. The Bertz CT molecular complexity index is 559. The number of hydrogen-bond acceptors (Lipinski definition) is 5. The fraction of sp³-hybridized carbons (Fsp3) is 0.583. The van der Waals surface area contributed by atoms with Gasteiger partial charge >= 0.3 is 0 Å².